The standard InChI is InChI=1S/C16H19N3O2/c1-20-10-16-17-9-8-15(19-16)18-13-7-6-12-11(13)4-3-5-14(12)21-2/h3-5,8-9,13H,6-7,10H2,1-2H3,(H,17,18,19)/t13-/m0/s1. The fraction of sp³-hybridized carbons (Fsp3) is 0.375. The van der Waals surface area contributed by atoms with E-state index in [4.69, 9.17) is 9.47 Å². The van der Waals surface area contributed by atoms with Gasteiger partial charge in [0.2, 0.25) is 0 Å². The van der Waals surface area contributed by atoms with Crippen LogP contribution in [0.2, 0.25) is 0 Å². The third-order valence-electron chi connectivity index (χ3n) is 3.75. The Balaban J connectivity index is 1.81. The minimum absolute atomic E-state index is 0.264. The highest BCUT2D eigenvalue weighted by Crippen LogP contribution is 2.38. The fourth-order valence-corrected chi connectivity index (χ4v) is 2.82. The highest BCUT2D eigenvalue weighted by molar-refractivity contribution is 5.49. The van der Waals surface area contributed by atoms with Gasteiger partial charge in [-0.25, -0.2) is 9.97 Å². The molecule has 0 bridgehead atoms. The van der Waals surface area contributed by atoms with Crippen molar-refractivity contribution in [2.75, 3.05) is 19.5 Å². The van der Waals surface area contributed by atoms with Gasteiger partial charge in [-0.2, -0.15) is 0 Å². The second-order valence-corrected chi connectivity index (χ2v) is 5.05. The molecule has 1 aliphatic carbocycles. The molecule has 0 fully saturated rings. The summed E-state index contributed by atoms with van der Waals surface area (Å²) in [5.41, 5.74) is 2.59. The molecule has 3 rings (SSSR count). The van der Waals surface area contributed by atoms with Gasteiger partial charge >= 0.3 is 0 Å². The number of fused-ring (bicyclic) bond motifs is 1. The summed E-state index contributed by atoms with van der Waals surface area (Å²) in [5.74, 6) is 2.49. The van der Waals surface area contributed by atoms with Crippen LogP contribution in [0, 0.1) is 0 Å². The number of benzene rings is 1. The van der Waals surface area contributed by atoms with Gasteiger partial charge in [0.05, 0.1) is 13.2 Å². The molecule has 2 aromatic rings. The lowest BCUT2D eigenvalue weighted by Crippen LogP contribution is -2.10. The first-order valence-electron chi connectivity index (χ1n) is 7.05. The zero-order chi connectivity index (χ0) is 14.7. The summed E-state index contributed by atoms with van der Waals surface area (Å²) in [6, 6.07) is 8.36. The Hall–Kier alpha value is -2.14. The first-order valence-corrected chi connectivity index (χ1v) is 7.05. The van der Waals surface area contributed by atoms with Crippen molar-refractivity contribution in [3.63, 3.8) is 0 Å². The predicted octanol–water partition coefficient (Wildman–Crippen LogP) is 2.73. The Labute approximate surface area is 124 Å². The molecule has 21 heavy (non-hydrogen) atoms. The molecule has 5 nitrogen and oxygen atoms in total. The number of hydrogen-bond acceptors (Lipinski definition) is 5. The van der Waals surface area contributed by atoms with Crippen LogP contribution in [0.25, 0.3) is 0 Å². The molecule has 0 spiro atoms. The number of ether oxygens (including phenoxy) is 2. The smallest absolute Gasteiger partial charge is 0.156 e. The summed E-state index contributed by atoms with van der Waals surface area (Å²) in [6.45, 7) is 0.421. The first-order chi connectivity index (χ1) is 10.3. The predicted molar refractivity (Wildman–Crippen MR) is 80.4 cm³/mol. The highest BCUT2D eigenvalue weighted by Gasteiger charge is 2.25. The van der Waals surface area contributed by atoms with Crippen molar-refractivity contribution in [2.24, 2.45) is 0 Å². The van der Waals surface area contributed by atoms with Crippen molar-refractivity contribution < 1.29 is 9.47 Å². The van der Waals surface area contributed by atoms with E-state index in [-0.39, 0.29) is 6.04 Å². The summed E-state index contributed by atoms with van der Waals surface area (Å²) >= 11 is 0. The molecule has 1 N–H and O–H groups in total. The van der Waals surface area contributed by atoms with Gasteiger partial charge in [0.25, 0.3) is 0 Å². The molecule has 0 saturated heterocycles. The van der Waals surface area contributed by atoms with Gasteiger partial charge in [-0.05, 0) is 36.1 Å². The molecule has 1 heterocycles. The Bertz CT molecular complexity index is 631. The highest BCUT2D eigenvalue weighted by atomic mass is 16.5. The summed E-state index contributed by atoms with van der Waals surface area (Å²) in [4.78, 5) is 8.64. The quantitative estimate of drug-likeness (QED) is 0.915. The van der Waals surface area contributed by atoms with Gasteiger partial charge in [0.1, 0.15) is 18.2 Å². The maximum absolute atomic E-state index is 5.44. The molecule has 0 amide bonds. The van der Waals surface area contributed by atoms with Gasteiger partial charge in [-0.3, -0.25) is 0 Å². The Kier molecular flexibility index (Phi) is 4.01. The van der Waals surface area contributed by atoms with Crippen LogP contribution in [-0.4, -0.2) is 24.2 Å². The van der Waals surface area contributed by atoms with E-state index in [9.17, 15) is 0 Å². The largest absolute Gasteiger partial charge is 0.496 e. The average molecular weight is 285 g/mol. The summed E-state index contributed by atoms with van der Waals surface area (Å²) < 4.78 is 10.5. The van der Waals surface area contributed by atoms with Gasteiger partial charge in [0, 0.05) is 13.3 Å². The molecule has 1 aromatic carbocycles. The third kappa shape index (κ3) is 2.83. The van der Waals surface area contributed by atoms with E-state index in [0.29, 0.717) is 12.4 Å². The van der Waals surface area contributed by atoms with E-state index in [0.717, 1.165) is 24.4 Å². The SMILES string of the molecule is COCc1nccc(N[C@H]2CCc3c(OC)cccc32)n1. The van der Waals surface area contributed by atoms with Crippen LogP contribution >= 0.6 is 0 Å². The monoisotopic (exact) mass is 285 g/mol. The number of methoxy groups -OCH3 is 2. The molecular formula is C16H19N3O2. The lowest BCUT2D eigenvalue weighted by Gasteiger charge is -2.15. The third-order valence-corrected chi connectivity index (χ3v) is 3.75. The zero-order valence-corrected chi connectivity index (χ0v) is 12.3. The molecule has 1 aliphatic rings. The summed E-state index contributed by atoms with van der Waals surface area (Å²) in [6.07, 6.45) is 3.82. The number of nitrogens with one attached hydrogen (secondary N) is 1. The van der Waals surface area contributed by atoms with E-state index in [1.54, 1.807) is 20.4 Å². The molecule has 1 aromatic heterocycles. The number of hydrogen-bond donors (Lipinski definition) is 1. The van der Waals surface area contributed by atoms with Gasteiger partial charge < -0.3 is 14.8 Å². The average Bonchev–Trinajstić information content (AvgIpc) is 2.91. The van der Waals surface area contributed by atoms with Gasteiger partial charge in [0.15, 0.2) is 5.82 Å². The van der Waals surface area contributed by atoms with E-state index in [1.165, 1.54) is 11.1 Å². The fourth-order valence-electron chi connectivity index (χ4n) is 2.82. The zero-order valence-electron chi connectivity index (χ0n) is 12.3. The molecule has 5 heteroatoms. The lowest BCUT2D eigenvalue weighted by atomic mass is 10.1. The van der Waals surface area contributed by atoms with Crippen molar-refractivity contribution in [3.8, 4) is 5.75 Å². The van der Waals surface area contributed by atoms with Crippen molar-refractivity contribution in [1.29, 1.82) is 0 Å². The van der Waals surface area contributed by atoms with Crippen molar-refractivity contribution in [1.82, 2.24) is 9.97 Å². The Morgan fingerprint density at radius 2 is 2.19 bits per heavy atom. The Morgan fingerprint density at radius 3 is 3.00 bits per heavy atom. The van der Waals surface area contributed by atoms with Gasteiger partial charge in [-0.1, -0.05) is 12.1 Å². The van der Waals surface area contributed by atoms with Crippen molar-refractivity contribution in [3.05, 3.63) is 47.4 Å². The van der Waals surface area contributed by atoms with Crippen LogP contribution in [-0.2, 0) is 17.8 Å². The molecular weight excluding hydrogens is 266 g/mol. The number of nitrogens with zero attached hydrogens (tertiary/aromatic N) is 2. The van der Waals surface area contributed by atoms with E-state index in [2.05, 4.69) is 21.4 Å². The molecule has 0 aliphatic heterocycles. The van der Waals surface area contributed by atoms with Gasteiger partial charge in [-0.15, -0.1) is 0 Å². The maximum atomic E-state index is 5.44. The van der Waals surface area contributed by atoms with Crippen LogP contribution < -0.4 is 10.1 Å². The lowest BCUT2D eigenvalue weighted by molar-refractivity contribution is 0.178. The van der Waals surface area contributed by atoms with Crippen molar-refractivity contribution in [2.45, 2.75) is 25.5 Å². The van der Waals surface area contributed by atoms with E-state index < -0.39 is 0 Å². The molecule has 110 valence electrons. The molecule has 1 atom stereocenters. The second-order valence-electron chi connectivity index (χ2n) is 5.05. The molecule has 0 saturated carbocycles. The minimum atomic E-state index is 0.264. The molecule has 0 radical (unpaired) electrons. The van der Waals surface area contributed by atoms with E-state index in [1.807, 2.05) is 18.2 Å². The maximum Gasteiger partial charge on any atom is 0.156 e. The topological polar surface area (TPSA) is 56.3 Å². The summed E-state index contributed by atoms with van der Waals surface area (Å²) in [7, 11) is 3.36. The van der Waals surface area contributed by atoms with Crippen LogP contribution in [0.15, 0.2) is 30.5 Å². The van der Waals surface area contributed by atoms with E-state index >= 15 is 0 Å². The normalized spacial score (nSPS) is 16.6. The first kappa shape index (κ1) is 13.8. The van der Waals surface area contributed by atoms with Crippen LogP contribution in [0.4, 0.5) is 5.82 Å². The second kappa shape index (κ2) is 6.10. The Morgan fingerprint density at radius 1 is 1.29 bits per heavy atom. The number of rotatable bonds is 5. The molecule has 0 unspecified atom stereocenters. The van der Waals surface area contributed by atoms with Crippen LogP contribution in [0.3, 0.4) is 0 Å². The number of anilines is 1. The van der Waals surface area contributed by atoms with Crippen LogP contribution in [0.5, 0.6) is 5.75 Å². The van der Waals surface area contributed by atoms with Crippen LogP contribution in [0.1, 0.15) is 29.4 Å². The number of aromatic nitrogens is 2. The minimum Gasteiger partial charge on any atom is -0.496 e. The van der Waals surface area contributed by atoms with Crippen molar-refractivity contribution >= 4 is 5.82 Å². The summed E-state index contributed by atoms with van der Waals surface area (Å²) in [5, 5.41) is 3.48.